The van der Waals surface area contributed by atoms with Gasteiger partial charge in [0.15, 0.2) is 11.9 Å². The molecule has 86 heavy (non-hydrogen) atoms. The molecule has 31 heteroatoms. The summed E-state index contributed by atoms with van der Waals surface area (Å²) in [5.41, 5.74) is 35.2. The summed E-state index contributed by atoms with van der Waals surface area (Å²) in [7, 11) is 1.31. The predicted octanol–water partition coefficient (Wildman–Crippen LogP) is -4.04. The fourth-order valence-electron chi connectivity index (χ4n) is 9.59. The van der Waals surface area contributed by atoms with Crippen molar-refractivity contribution in [1.29, 1.82) is 0 Å². The van der Waals surface area contributed by atoms with E-state index in [1.165, 1.54) is 37.0 Å². The Morgan fingerprint density at radius 2 is 1.26 bits per heavy atom. The third-order valence-electron chi connectivity index (χ3n) is 14.1. The zero-order chi connectivity index (χ0) is 63.3. The van der Waals surface area contributed by atoms with E-state index in [4.69, 9.17) is 34.4 Å². The Labute approximate surface area is 499 Å². The van der Waals surface area contributed by atoms with Gasteiger partial charge in [-0.05, 0) is 82.2 Å². The van der Waals surface area contributed by atoms with E-state index in [1.807, 2.05) is 13.8 Å². The van der Waals surface area contributed by atoms with Gasteiger partial charge in [-0.2, -0.15) is 0 Å². The van der Waals surface area contributed by atoms with Crippen LogP contribution in [0.2, 0.25) is 0 Å². The van der Waals surface area contributed by atoms with Crippen LogP contribution in [0.25, 0.3) is 0 Å². The van der Waals surface area contributed by atoms with Gasteiger partial charge in [-0.3, -0.25) is 48.3 Å². The highest BCUT2D eigenvalue weighted by Gasteiger charge is 2.40. The van der Waals surface area contributed by atoms with Crippen molar-refractivity contribution in [3.63, 3.8) is 0 Å². The number of aromatic nitrogens is 4. The van der Waals surface area contributed by atoms with Crippen molar-refractivity contribution in [3.8, 4) is 0 Å². The number of carbonyl (C=O) groups excluding carboxylic acids is 8. The smallest absolute Gasteiger partial charge is 0.326 e. The number of amides is 8. The summed E-state index contributed by atoms with van der Waals surface area (Å²) in [4.78, 5) is 148. The van der Waals surface area contributed by atoms with Crippen LogP contribution < -0.4 is 66.3 Å². The van der Waals surface area contributed by atoms with Crippen LogP contribution in [0.15, 0.2) is 65.4 Å². The molecule has 1 saturated heterocycles. The highest BCUT2D eigenvalue weighted by Crippen LogP contribution is 2.21. The van der Waals surface area contributed by atoms with E-state index in [-0.39, 0.29) is 95.3 Å². The van der Waals surface area contributed by atoms with Crippen molar-refractivity contribution >= 4 is 65.1 Å². The number of carboxylic acids is 1. The van der Waals surface area contributed by atoms with E-state index < -0.39 is 121 Å². The monoisotopic (exact) mass is 1200 g/mol. The van der Waals surface area contributed by atoms with Crippen LogP contribution in [-0.2, 0) is 62.4 Å². The number of aliphatic hydroxyl groups is 1. The number of likely N-dealkylation sites (N-methyl/N-ethyl adjacent to an activating group) is 1. The Kier molecular flexibility index (Phi) is 29.4. The van der Waals surface area contributed by atoms with Gasteiger partial charge < -0.3 is 96.3 Å². The van der Waals surface area contributed by atoms with Gasteiger partial charge in [-0.25, -0.2) is 14.8 Å². The van der Waals surface area contributed by atoms with Gasteiger partial charge in [0, 0.05) is 69.7 Å². The van der Waals surface area contributed by atoms with Crippen molar-refractivity contribution in [1.82, 2.24) is 61.6 Å². The minimum absolute atomic E-state index is 0.0523. The molecular weight excluding hydrogens is 1120 g/mol. The molecule has 0 aliphatic carbocycles. The zero-order valence-electron chi connectivity index (χ0n) is 49.1. The number of hydrogen-bond donors (Lipinski definition) is 16. The van der Waals surface area contributed by atoms with E-state index in [1.54, 1.807) is 30.3 Å². The summed E-state index contributed by atoms with van der Waals surface area (Å²) < 4.78 is 0. The molecule has 22 N–H and O–H groups in total. The Morgan fingerprint density at radius 3 is 1.81 bits per heavy atom. The Morgan fingerprint density at radius 1 is 0.709 bits per heavy atom. The molecule has 3 heterocycles. The molecule has 2 aromatic heterocycles. The summed E-state index contributed by atoms with van der Waals surface area (Å²) >= 11 is 0. The van der Waals surface area contributed by atoms with E-state index >= 15 is 0 Å². The number of nitrogens with zero attached hydrogens (tertiary/aromatic N) is 6. The fraction of sp³-hybridized carbons (Fsp3) is 0.582. The first-order valence-corrected chi connectivity index (χ1v) is 28.8. The predicted molar refractivity (Wildman–Crippen MR) is 317 cm³/mol. The Balaban J connectivity index is 1.51. The first-order chi connectivity index (χ1) is 40.9. The summed E-state index contributed by atoms with van der Waals surface area (Å²) in [6.07, 6.45) is 6.03. The fourth-order valence-corrected chi connectivity index (χ4v) is 9.59. The first-order valence-electron chi connectivity index (χ1n) is 28.8. The number of rotatable bonds is 38. The molecular formula is C55H88N20O11. The number of nitrogens with two attached hydrogens (primary N) is 6. The maximum Gasteiger partial charge on any atom is 0.326 e. The van der Waals surface area contributed by atoms with Crippen molar-refractivity contribution in [2.75, 3.05) is 39.8 Å². The van der Waals surface area contributed by atoms with Crippen LogP contribution >= 0.6 is 0 Å². The Hall–Kier alpha value is -8.71. The molecule has 1 aliphatic heterocycles. The third-order valence-corrected chi connectivity index (χ3v) is 14.1. The number of imidazole rings is 2. The lowest BCUT2D eigenvalue weighted by atomic mass is 9.96. The minimum Gasteiger partial charge on any atom is -0.480 e. The number of aliphatic imine (C=N–C) groups is 2. The van der Waals surface area contributed by atoms with Gasteiger partial charge in [-0.15, -0.1) is 0 Å². The number of likely N-dealkylation sites (tertiary alicyclic amines) is 1. The molecule has 0 radical (unpaired) electrons. The molecule has 1 fully saturated rings. The number of guanidine groups is 2. The number of H-pyrrole nitrogens is 2. The van der Waals surface area contributed by atoms with E-state index in [0.717, 1.165) is 4.90 Å². The van der Waals surface area contributed by atoms with Crippen LogP contribution in [0.4, 0.5) is 0 Å². The van der Waals surface area contributed by atoms with Gasteiger partial charge in [0.2, 0.25) is 47.3 Å². The number of unbranched alkanes of at least 4 members (excludes halogenated alkanes) is 1. The third kappa shape index (κ3) is 24.5. The molecule has 0 spiro atoms. The van der Waals surface area contributed by atoms with Gasteiger partial charge in [0.1, 0.15) is 36.3 Å². The topological polar surface area (TPSA) is 511 Å². The average molecular weight is 1210 g/mol. The Bertz CT molecular complexity index is 2700. The number of aliphatic carboxylic acids is 1. The minimum atomic E-state index is -1.53. The second-order valence-corrected chi connectivity index (χ2v) is 21.7. The normalized spacial score (nSPS) is 15.7. The van der Waals surface area contributed by atoms with Crippen LogP contribution in [0, 0.1) is 5.92 Å². The molecule has 474 valence electrons. The second-order valence-electron chi connectivity index (χ2n) is 21.7. The molecule has 4 rings (SSSR count). The highest BCUT2D eigenvalue weighted by molar-refractivity contribution is 5.97. The number of benzene rings is 1. The molecule has 0 bridgehead atoms. The summed E-state index contributed by atoms with van der Waals surface area (Å²) in [6, 6.07) is -0.765. The number of carboxylic acid groups (broad SMARTS) is 1. The lowest BCUT2D eigenvalue weighted by Gasteiger charge is -2.31. The quantitative estimate of drug-likeness (QED) is 0.0148. The zero-order valence-corrected chi connectivity index (χ0v) is 49.1. The molecule has 0 saturated carbocycles. The van der Waals surface area contributed by atoms with Gasteiger partial charge >= 0.3 is 5.97 Å². The summed E-state index contributed by atoms with van der Waals surface area (Å²) in [5, 5.41) is 37.7. The van der Waals surface area contributed by atoms with Crippen molar-refractivity contribution in [2.24, 2.45) is 50.3 Å². The molecule has 31 nitrogen and oxygen atoms in total. The van der Waals surface area contributed by atoms with Crippen LogP contribution in [0.3, 0.4) is 0 Å². The van der Waals surface area contributed by atoms with E-state index in [9.17, 15) is 53.4 Å². The van der Waals surface area contributed by atoms with E-state index in [0.29, 0.717) is 49.2 Å². The first kappa shape index (κ1) is 69.8. The molecule has 9 atom stereocenters. The number of nitrogens with one attached hydrogen (secondary N) is 8. The van der Waals surface area contributed by atoms with Crippen molar-refractivity contribution in [2.45, 2.75) is 158 Å². The largest absolute Gasteiger partial charge is 0.480 e. The summed E-state index contributed by atoms with van der Waals surface area (Å²) in [6.45, 7) is 3.94. The van der Waals surface area contributed by atoms with Crippen molar-refractivity contribution < 1.29 is 53.4 Å². The summed E-state index contributed by atoms with van der Waals surface area (Å²) in [5.74, 6) is -7.35. The van der Waals surface area contributed by atoms with Crippen LogP contribution in [0.5, 0.6) is 0 Å². The number of aliphatic hydroxyl groups excluding tert-OH is 1. The molecule has 0 unspecified atom stereocenters. The number of aromatic amines is 2. The second kappa shape index (κ2) is 36.2. The lowest BCUT2D eigenvalue weighted by Crippen LogP contribution is -2.60. The SMILES string of the molecule is CC(C)C[C@H](NC(=O)[C@H](Cc1cnc[nH]1)NC(=O)[C@H](Cc1ccccc1)NC(=O)[C@@H]1CCCN1C(=O)[C@H](CCCN=C(N)N)NC(=O)[C@@H](N)CCCN=C(N)N)[C@@H](O)CC(=O)N(C)CC(=O)N[C@@H](Cc1cnc[nH]1)C(=O)N[C@@H](CCCCN)C(=O)O. The highest BCUT2D eigenvalue weighted by atomic mass is 16.4. The van der Waals surface area contributed by atoms with Gasteiger partial charge in [-0.1, -0.05) is 44.2 Å². The number of hydrogen-bond acceptors (Lipinski definition) is 16. The van der Waals surface area contributed by atoms with Gasteiger partial charge in [0.05, 0.1) is 43.8 Å². The number of carbonyl (C=O) groups is 9. The maximum atomic E-state index is 14.7. The average Bonchev–Trinajstić information content (AvgIpc) is 4.40. The van der Waals surface area contributed by atoms with Crippen LogP contribution in [0.1, 0.15) is 101 Å². The molecule has 1 aromatic carbocycles. The lowest BCUT2D eigenvalue weighted by molar-refractivity contribution is -0.142. The van der Waals surface area contributed by atoms with Crippen LogP contribution in [-0.4, -0.2) is 199 Å². The molecule has 1 aliphatic rings. The van der Waals surface area contributed by atoms with E-state index in [2.05, 4.69) is 61.8 Å². The maximum absolute atomic E-state index is 14.7. The molecule has 8 amide bonds. The standard InChI is InChI=1S/C55H88N20O11/c1-32(2)22-39(44(76)26-46(78)74(3)29-45(77)68-41(24-34-27-62-30-66-34)49(81)70-38(53(85)86)15-7-8-18-56)71-50(82)42(25-35-28-63-31-67-35)72-48(80)40(23-33-12-5-4-6-13-33)73-51(83)43-17-11-21-75(43)52(84)37(16-10-20-65-55(60)61)69-47(79)36(57)14-9-19-64-54(58)59/h4-6,12-13,27-28,30-32,36-44,76H,7-11,14-26,29,56-57H2,1-3H3,(H,62,66)(H,63,67)(H,68,77)(H,69,79)(H,70,81)(H,71,82)(H,72,80)(H,73,83)(H,85,86)(H4,58,59,64)(H4,60,61,65)/t36-,37-,38-,39-,40-,41-,42-,43-,44-/m0/s1. The molecule has 3 aromatic rings. The van der Waals surface area contributed by atoms with Crippen molar-refractivity contribution in [3.05, 3.63) is 72.3 Å². The van der Waals surface area contributed by atoms with Gasteiger partial charge in [0.25, 0.3) is 0 Å².